The summed E-state index contributed by atoms with van der Waals surface area (Å²) in [5.41, 5.74) is 0. The number of furan rings is 1. The molecule has 1 saturated heterocycles. The minimum Gasteiger partial charge on any atom is -0.481 e. The fraction of sp³-hybridized carbons (Fsp3) is 0.583. The van der Waals surface area contributed by atoms with Gasteiger partial charge in [-0.15, -0.1) is 0 Å². The third-order valence-corrected chi connectivity index (χ3v) is 3.25. The number of likely N-dealkylation sites (tertiary alicyclic amines) is 1. The smallest absolute Gasteiger partial charge is 0.308 e. The monoisotopic (exact) mass is 223 g/mol. The Morgan fingerprint density at radius 2 is 2.38 bits per heavy atom. The van der Waals surface area contributed by atoms with E-state index in [1.165, 1.54) is 0 Å². The molecule has 0 amide bonds. The summed E-state index contributed by atoms with van der Waals surface area (Å²) in [4.78, 5) is 13.4. The number of rotatable bonds is 3. The van der Waals surface area contributed by atoms with Crippen molar-refractivity contribution in [3.05, 3.63) is 24.2 Å². The highest BCUT2D eigenvalue weighted by molar-refractivity contribution is 5.71. The Kier molecular flexibility index (Phi) is 3.01. The van der Waals surface area contributed by atoms with Crippen molar-refractivity contribution in [3.8, 4) is 0 Å². The van der Waals surface area contributed by atoms with Crippen molar-refractivity contribution in [1.29, 1.82) is 0 Å². The lowest BCUT2D eigenvalue weighted by Crippen LogP contribution is -2.33. The maximum Gasteiger partial charge on any atom is 0.308 e. The van der Waals surface area contributed by atoms with Crippen LogP contribution < -0.4 is 0 Å². The topological polar surface area (TPSA) is 53.7 Å². The third kappa shape index (κ3) is 1.85. The summed E-state index contributed by atoms with van der Waals surface area (Å²) in [7, 11) is 0. The molecule has 2 heterocycles. The first kappa shape index (κ1) is 11.2. The number of carboxylic acids is 1. The quantitative estimate of drug-likeness (QED) is 0.853. The van der Waals surface area contributed by atoms with Crippen molar-refractivity contribution in [2.24, 2.45) is 5.92 Å². The SMILES string of the molecule is CC(C)N1CC[C@H](C(=O)O)[C@H]1c1ccco1. The first-order valence-electron chi connectivity index (χ1n) is 5.63. The van der Waals surface area contributed by atoms with Gasteiger partial charge in [0.2, 0.25) is 0 Å². The summed E-state index contributed by atoms with van der Waals surface area (Å²) in [5.74, 6) is -0.322. The molecule has 2 atom stereocenters. The number of hydrogen-bond donors (Lipinski definition) is 1. The summed E-state index contributed by atoms with van der Waals surface area (Å²) in [6.07, 6.45) is 2.30. The van der Waals surface area contributed by atoms with Crippen LogP contribution in [0, 0.1) is 5.92 Å². The molecule has 0 spiro atoms. The van der Waals surface area contributed by atoms with Crippen LogP contribution in [0.15, 0.2) is 22.8 Å². The van der Waals surface area contributed by atoms with E-state index < -0.39 is 5.97 Å². The molecule has 0 aliphatic carbocycles. The summed E-state index contributed by atoms with van der Waals surface area (Å²) >= 11 is 0. The lowest BCUT2D eigenvalue weighted by Gasteiger charge is -2.28. The molecule has 1 fully saturated rings. The second kappa shape index (κ2) is 4.29. The maximum atomic E-state index is 11.2. The molecule has 0 bridgehead atoms. The molecule has 0 saturated carbocycles. The van der Waals surface area contributed by atoms with Gasteiger partial charge < -0.3 is 9.52 Å². The molecular formula is C12H17NO3. The number of carbonyl (C=O) groups is 1. The molecule has 16 heavy (non-hydrogen) atoms. The fourth-order valence-corrected chi connectivity index (χ4v) is 2.48. The van der Waals surface area contributed by atoms with Crippen LogP contribution >= 0.6 is 0 Å². The first-order chi connectivity index (χ1) is 7.61. The molecule has 0 aromatic carbocycles. The van der Waals surface area contributed by atoms with Crippen LogP contribution in [-0.4, -0.2) is 28.6 Å². The largest absolute Gasteiger partial charge is 0.481 e. The maximum absolute atomic E-state index is 11.2. The highest BCUT2D eigenvalue weighted by atomic mass is 16.4. The van der Waals surface area contributed by atoms with Crippen molar-refractivity contribution in [2.75, 3.05) is 6.54 Å². The van der Waals surface area contributed by atoms with E-state index in [2.05, 4.69) is 18.7 Å². The van der Waals surface area contributed by atoms with Crippen molar-refractivity contribution in [2.45, 2.75) is 32.4 Å². The molecule has 1 aromatic heterocycles. The van der Waals surface area contributed by atoms with Gasteiger partial charge in [0.25, 0.3) is 0 Å². The van der Waals surface area contributed by atoms with E-state index in [0.717, 1.165) is 12.3 Å². The van der Waals surface area contributed by atoms with Crippen molar-refractivity contribution in [3.63, 3.8) is 0 Å². The number of carboxylic acid groups (broad SMARTS) is 1. The van der Waals surface area contributed by atoms with Gasteiger partial charge in [0.05, 0.1) is 18.2 Å². The van der Waals surface area contributed by atoms with E-state index in [-0.39, 0.29) is 12.0 Å². The van der Waals surface area contributed by atoms with E-state index in [4.69, 9.17) is 4.42 Å². The molecule has 1 aliphatic heterocycles. The van der Waals surface area contributed by atoms with E-state index in [0.29, 0.717) is 12.5 Å². The van der Waals surface area contributed by atoms with Gasteiger partial charge in [0, 0.05) is 12.6 Å². The lowest BCUT2D eigenvalue weighted by atomic mass is 9.98. The zero-order chi connectivity index (χ0) is 11.7. The second-order valence-corrected chi connectivity index (χ2v) is 4.53. The zero-order valence-corrected chi connectivity index (χ0v) is 9.59. The molecule has 1 N–H and O–H groups in total. The minimum atomic E-state index is -0.732. The van der Waals surface area contributed by atoms with E-state index in [1.54, 1.807) is 6.26 Å². The van der Waals surface area contributed by atoms with Gasteiger partial charge in [0.1, 0.15) is 5.76 Å². The molecule has 88 valence electrons. The van der Waals surface area contributed by atoms with Gasteiger partial charge in [-0.25, -0.2) is 0 Å². The van der Waals surface area contributed by atoms with Crippen LogP contribution in [0.4, 0.5) is 0 Å². The van der Waals surface area contributed by atoms with Crippen LogP contribution in [0.3, 0.4) is 0 Å². The van der Waals surface area contributed by atoms with Crippen molar-refractivity contribution in [1.82, 2.24) is 4.90 Å². The minimum absolute atomic E-state index is 0.118. The Hall–Kier alpha value is -1.29. The standard InChI is InChI=1S/C12H17NO3/c1-8(2)13-6-5-9(12(14)15)11(13)10-4-3-7-16-10/h3-4,7-9,11H,5-6H2,1-2H3,(H,14,15)/t9-,11-/m0/s1. The summed E-state index contributed by atoms with van der Waals surface area (Å²) in [6, 6.07) is 3.89. The van der Waals surface area contributed by atoms with E-state index in [1.807, 2.05) is 12.1 Å². The Morgan fingerprint density at radius 1 is 1.62 bits per heavy atom. The van der Waals surface area contributed by atoms with Gasteiger partial charge in [-0.1, -0.05) is 0 Å². The highest BCUT2D eigenvalue weighted by Crippen LogP contribution is 2.38. The van der Waals surface area contributed by atoms with Crippen LogP contribution in [0.5, 0.6) is 0 Å². The molecule has 4 heteroatoms. The third-order valence-electron chi connectivity index (χ3n) is 3.25. The Balaban J connectivity index is 2.29. The van der Waals surface area contributed by atoms with Gasteiger partial charge in [-0.2, -0.15) is 0 Å². The van der Waals surface area contributed by atoms with Gasteiger partial charge in [-0.05, 0) is 32.4 Å². The van der Waals surface area contributed by atoms with Crippen LogP contribution in [0.1, 0.15) is 32.1 Å². The predicted octanol–water partition coefficient (Wildman–Crippen LogP) is 2.14. The summed E-state index contributed by atoms with van der Waals surface area (Å²) in [6.45, 7) is 4.99. The summed E-state index contributed by atoms with van der Waals surface area (Å²) < 4.78 is 5.37. The lowest BCUT2D eigenvalue weighted by molar-refractivity contribution is -0.143. The Bertz CT molecular complexity index is 358. The average molecular weight is 223 g/mol. The second-order valence-electron chi connectivity index (χ2n) is 4.53. The van der Waals surface area contributed by atoms with Crippen LogP contribution in [0.2, 0.25) is 0 Å². The van der Waals surface area contributed by atoms with Crippen LogP contribution in [0.25, 0.3) is 0 Å². The van der Waals surface area contributed by atoms with E-state index >= 15 is 0 Å². The van der Waals surface area contributed by atoms with Crippen molar-refractivity contribution < 1.29 is 14.3 Å². The molecule has 0 radical (unpaired) electrons. The fourth-order valence-electron chi connectivity index (χ4n) is 2.48. The average Bonchev–Trinajstić information content (AvgIpc) is 2.85. The van der Waals surface area contributed by atoms with Crippen molar-refractivity contribution >= 4 is 5.97 Å². The molecule has 0 unspecified atom stereocenters. The molecule has 2 rings (SSSR count). The van der Waals surface area contributed by atoms with Crippen LogP contribution in [-0.2, 0) is 4.79 Å². The number of hydrogen-bond acceptors (Lipinski definition) is 3. The van der Waals surface area contributed by atoms with E-state index in [9.17, 15) is 9.90 Å². The predicted molar refractivity (Wildman–Crippen MR) is 59.0 cm³/mol. The Morgan fingerprint density at radius 3 is 2.88 bits per heavy atom. The van der Waals surface area contributed by atoms with Gasteiger partial charge in [-0.3, -0.25) is 9.69 Å². The molecule has 1 aliphatic rings. The first-order valence-corrected chi connectivity index (χ1v) is 5.63. The highest BCUT2D eigenvalue weighted by Gasteiger charge is 2.42. The normalized spacial score (nSPS) is 26.4. The van der Waals surface area contributed by atoms with Gasteiger partial charge >= 0.3 is 5.97 Å². The number of aliphatic carboxylic acids is 1. The zero-order valence-electron chi connectivity index (χ0n) is 9.59. The Labute approximate surface area is 94.9 Å². The summed E-state index contributed by atoms with van der Waals surface area (Å²) in [5, 5.41) is 9.21. The molecular weight excluding hydrogens is 206 g/mol. The number of nitrogens with zero attached hydrogens (tertiary/aromatic N) is 1. The molecule has 4 nitrogen and oxygen atoms in total. The molecule has 1 aromatic rings. The van der Waals surface area contributed by atoms with Gasteiger partial charge in [0.15, 0.2) is 0 Å².